The second kappa shape index (κ2) is 20.7. The van der Waals surface area contributed by atoms with E-state index in [4.69, 9.17) is 0 Å². The molecule has 6 aromatic rings. The summed E-state index contributed by atoms with van der Waals surface area (Å²) in [5.74, 6) is -0.546. The van der Waals surface area contributed by atoms with Crippen LogP contribution in [0.15, 0.2) is 182 Å². The Kier molecular flexibility index (Phi) is 16.0. The zero-order valence-corrected chi connectivity index (χ0v) is 31.2. The fourth-order valence-corrected chi connectivity index (χ4v) is 9.43. The first-order chi connectivity index (χ1) is 23.2. The first-order valence-corrected chi connectivity index (χ1v) is 22.6. The van der Waals surface area contributed by atoms with E-state index in [1.54, 1.807) is 0 Å². The summed E-state index contributed by atoms with van der Waals surface area (Å²) in [4.78, 5) is 20.1. The molecule has 3 nitrogen and oxygen atoms in total. The van der Waals surface area contributed by atoms with E-state index < -0.39 is 15.8 Å². The van der Waals surface area contributed by atoms with Gasteiger partial charge in [0.15, 0.2) is 0 Å². The molecule has 47 heavy (non-hydrogen) atoms. The van der Waals surface area contributed by atoms with Gasteiger partial charge in [0.05, 0.1) is 11.8 Å². The average Bonchev–Trinajstić information content (AvgIpc) is 3.54. The molecule has 1 aliphatic rings. The van der Waals surface area contributed by atoms with Gasteiger partial charge in [-0.05, 0) is 60.5 Å². The molecule has 2 amide bonds. The SMILES string of the molecule is O=C1CCC(=O)[N-]1.[Br][Pt+].c1ccc(P(c2ccccc2)c2ccccc2)cc1.c1ccc(P(c2ccccc2)c2ccccc2)cc1. The molecule has 7 rings (SSSR count). The van der Waals surface area contributed by atoms with Gasteiger partial charge in [0.2, 0.25) is 0 Å². The molecular weight excluding hydrogens is 863 g/mol. The second-order valence-corrected chi connectivity index (χ2v) is 14.5. The van der Waals surface area contributed by atoms with Gasteiger partial charge in [0, 0.05) is 0 Å². The van der Waals surface area contributed by atoms with Crippen LogP contribution < -0.4 is 31.8 Å². The van der Waals surface area contributed by atoms with Crippen LogP contribution >= 0.6 is 29.1 Å². The number of imide groups is 1. The van der Waals surface area contributed by atoms with Crippen molar-refractivity contribution in [3.63, 3.8) is 0 Å². The zero-order valence-electron chi connectivity index (χ0n) is 25.6. The first kappa shape index (κ1) is 36.3. The van der Waals surface area contributed by atoms with E-state index in [1.807, 2.05) is 17.8 Å². The summed E-state index contributed by atoms with van der Waals surface area (Å²) in [7, 11) is -0.892. The van der Waals surface area contributed by atoms with Crippen molar-refractivity contribution < 1.29 is 27.3 Å². The predicted molar refractivity (Wildman–Crippen MR) is 202 cm³/mol. The van der Waals surface area contributed by atoms with E-state index in [0.717, 1.165) is 0 Å². The van der Waals surface area contributed by atoms with Crippen LogP contribution in [0.1, 0.15) is 12.8 Å². The Labute approximate surface area is 298 Å². The van der Waals surface area contributed by atoms with Crippen molar-refractivity contribution in [2.24, 2.45) is 0 Å². The van der Waals surface area contributed by atoms with Gasteiger partial charge in [0.1, 0.15) is 0 Å². The Balaban J connectivity index is 0.000000170. The number of rotatable bonds is 6. The van der Waals surface area contributed by atoms with Gasteiger partial charge in [0.25, 0.3) is 0 Å². The zero-order chi connectivity index (χ0) is 33.1. The van der Waals surface area contributed by atoms with E-state index in [0.29, 0.717) is 12.8 Å². The van der Waals surface area contributed by atoms with Crippen LogP contribution in [0.5, 0.6) is 0 Å². The number of carbonyl (C=O) groups is 2. The molecule has 238 valence electrons. The molecule has 1 aliphatic heterocycles. The molecule has 0 N–H and O–H groups in total. The quantitative estimate of drug-likeness (QED) is 0.126. The summed E-state index contributed by atoms with van der Waals surface area (Å²) < 4.78 is 0. The number of benzene rings is 6. The van der Waals surface area contributed by atoms with Crippen LogP contribution in [0.2, 0.25) is 0 Å². The fraction of sp³-hybridized carbons (Fsp3) is 0.0500. The number of nitrogens with zero attached hydrogens (tertiary/aromatic N) is 1. The van der Waals surface area contributed by atoms with Crippen molar-refractivity contribution >= 4 is 72.8 Å². The van der Waals surface area contributed by atoms with Gasteiger partial charge < -0.3 is 14.9 Å². The molecule has 7 heteroatoms. The Hall–Kier alpha value is -3.51. The van der Waals surface area contributed by atoms with Crippen molar-refractivity contribution in [3.8, 4) is 0 Å². The predicted octanol–water partition coefficient (Wildman–Crippen LogP) is 7.94. The Morgan fingerprint density at radius 3 is 0.660 bits per heavy atom. The number of halogens is 1. The smallest absolute Gasteiger partial charge is 0.0134 e. The maximum atomic E-state index is 10.1. The maximum absolute atomic E-state index is 10.1. The molecule has 0 aromatic heterocycles. The Bertz CT molecular complexity index is 1430. The summed E-state index contributed by atoms with van der Waals surface area (Å²) in [6.07, 6.45) is 0.637. The van der Waals surface area contributed by atoms with Crippen LogP contribution in [0, 0.1) is 0 Å². The molecule has 1 heterocycles. The summed E-state index contributed by atoms with van der Waals surface area (Å²) in [6, 6.07) is 64.7. The largest absolute Gasteiger partial charge is 0.0622 e. The van der Waals surface area contributed by atoms with Gasteiger partial charge in [-0.2, -0.15) is 0 Å². The number of hydrogen-bond acceptors (Lipinski definition) is 2. The number of hydrogen-bond donors (Lipinski definition) is 0. The minimum atomic E-state index is -0.446. The minimum absolute atomic E-state index is 0.273. The van der Waals surface area contributed by atoms with E-state index in [-0.39, 0.29) is 11.8 Å². The van der Waals surface area contributed by atoms with Gasteiger partial charge in [-0.1, -0.05) is 182 Å². The topological polar surface area (TPSA) is 48.2 Å². The Morgan fingerprint density at radius 2 is 0.532 bits per heavy atom. The van der Waals surface area contributed by atoms with E-state index >= 15 is 0 Å². The standard InChI is InChI=1S/2C18H15P.C4H5NO2.BrH.Pt/c2*1-4-10-16(11-5-1)19(17-12-6-2-7-13-17)18-14-8-3-9-15-18;6-3-1-2-4(7)5-3;;/h2*1-15H;1-2H2,(H,5,6,7);1H;/q;;;;+2/p-2. The Morgan fingerprint density at radius 1 is 0.362 bits per heavy atom. The second-order valence-electron chi connectivity index (χ2n) is 10.1. The molecule has 1 fully saturated rings. The third-order valence-corrected chi connectivity index (χ3v) is 11.8. The third kappa shape index (κ3) is 11.6. The fourth-order valence-electron chi connectivity index (χ4n) is 4.82. The van der Waals surface area contributed by atoms with E-state index in [9.17, 15) is 9.59 Å². The molecule has 0 bridgehead atoms. The van der Waals surface area contributed by atoms with Crippen LogP contribution in [-0.2, 0) is 27.3 Å². The summed E-state index contributed by atoms with van der Waals surface area (Å²) in [6.45, 7) is 0. The van der Waals surface area contributed by atoms with Gasteiger partial charge in [-0.15, -0.1) is 0 Å². The summed E-state index contributed by atoms with van der Waals surface area (Å²) in [5.41, 5.74) is 0. The van der Waals surface area contributed by atoms with Crippen molar-refractivity contribution in [2.45, 2.75) is 12.8 Å². The van der Waals surface area contributed by atoms with Crippen LogP contribution in [-0.4, -0.2) is 11.8 Å². The van der Waals surface area contributed by atoms with Crippen molar-refractivity contribution in [3.05, 3.63) is 187 Å². The van der Waals surface area contributed by atoms with Gasteiger partial charge in [-0.25, -0.2) is 0 Å². The maximum Gasteiger partial charge on any atom is -0.0134 e. The van der Waals surface area contributed by atoms with Gasteiger partial charge in [-0.3, -0.25) is 0 Å². The summed E-state index contributed by atoms with van der Waals surface area (Å²) in [5, 5.41) is 11.5. The summed E-state index contributed by atoms with van der Waals surface area (Å²) >= 11 is 4.86. The monoisotopic (exact) mass is 896 g/mol. The molecule has 0 spiro atoms. The van der Waals surface area contributed by atoms with E-state index in [2.05, 4.69) is 201 Å². The first-order valence-electron chi connectivity index (χ1n) is 15.0. The van der Waals surface area contributed by atoms with Crippen molar-refractivity contribution in [1.29, 1.82) is 0 Å². The molecule has 6 aromatic carbocycles. The van der Waals surface area contributed by atoms with Gasteiger partial charge >= 0.3 is 31.1 Å². The third-order valence-electron chi connectivity index (χ3n) is 6.89. The molecule has 0 saturated carbocycles. The van der Waals surface area contributed by atoms with Crippen LogP contribution in [0.3, 0.4) is 0 Å². The number of amides is 2. The van der Waals surface area contributed by atoms with E-state index in [1.165, 1.54) is 31.8 Å². The molecule has 0 radical (unpaired) electrons. The molecule has 0 aliphatic carbocycles. The molecule has 1 saturated heterocycles. The van der Waals surface area contributed by atoms with Crippen LogP contribution in [0.25, 0.3) is 5.32 Å². The molecule has 0 unspecified atom stereocenters. The number of carbonyl (C=O) groups excluding carboxylic acids is 2. The minimum Gasteiger partial charge on any atom is -0.0622 e. The van der Waals surface area contributed by atoms with Crippen molar-refractivity contribution in [2.75, 3.05) is 0 Å². The van der Waals surface area contributed by atoms with Crippen LogP contribution in [0.4, 0.5) is 0 Å². The molecule has 0 atom stereocenters. The molecular formula is C40H34BrNO2P2Pt. The normalized spacial score (nSPS) is 11.7. The van der Waals surface area contributed by atoms with Crippen molar-refractivity contribution in [1.82, 2.24) is 0 Å². The average molecular weight is 898 g/mol.